The molecule has 1 rings (SSSR count). The number of carbonyl (C=O) groups excluding carboxylic acids is 1. The van der Waals surface area contributed by atoms with Crippen LogP contribution >= 0.6 is 0 Å². The minimum atomic E-state index is -1.19. The van der Waals surface area contributed by atoms with Crippen LogP contribution in [0.3, 0.4) is 0 Å². The lowest BCUT2D eigenvalue weighted by molar-refractivity contribution is -0.141. The normalized spacial score (nSPS) is 13.7. The first-order valence-corrected chi connectivity index (χ1v) is 5.43. The van der Waals surface area contributed by atoms with Gasteiger partial charge in [-0.2, -0.15) is 0 Å². The molecule has 0 bridgehead atoms. The summed E-state index contributed by atoms with van der Waals surface area (Å²) in [6, 6.07) is 3.66. The fourth-order valence-electron chi connectivity index (χ4n) is 1.40. The molecule has 0 fully saturated rings. The van der Waals surface area contributed by atoms with Gasteiger partial charge in [-0.15, -0.1) is 0 Å². The number of benzene rings is 1. The summed E-state index contributed by atoms with van der Waals surface area (Å²) in [5.41, 5.74) is 5.83. The van der Waals surface area contributed by atoms with Crippen molar-refractivity contribution in [2.75, 3.05) is 0 Å². The highest BCUT2D eigenvalue weighted by molar-refractivity contribution is 5.86. The molecular weight excluding hydrogens is 239 g/mol. The summed E-state index contributed by atoms with van der Waals surface area (Å²) < 4.78 is 13.0. The van der Waals surface area contributed by atoms with Crippen molar-refractivity contribution in [3.05, 3.63) is 35.6 Å². The maximum Gasteiger partial charge on any atom is 0.326 e. The molecule has 0 aliphatic heterocycles. The Morgan fingerprint density at radius 3 is 2.67 bits per heavy atom. The summed E-state index contributed by atoms with van der Waals surface area (Å²) in [6.07, 6.45) is 0.00551. The number of carbonyl (C=O) groups is 2. The van der Waals surface area contributed by atoms with Crippen molar-refractivity contribution in [2.24, 2.45) is 5.73 Å². The molecule has 0 unspecified atom stereocenters. The van der Waals surface area contributed by atoms with E-state index in [1.54, 1.807) is 6.07 Å². The molecule has 0 radical (unpaired) electrons. The molecule has 1 amide bonds. The summed E-state index contributed by atoms with van der Waals surface area (Å²) >= 11 is 0. The quantitative estimate of drug-likeness (QED) is 0.704. The van der Waals surface area contributed by atoms with Gasteiger partial charge in [0, 0.05) is 6.42 Å². The second-order valence-electron chi connectivity index (χ2n) is 4.02. The topological polar surface area (TPSA) is 92.4 Å². The number of aliphatic carboxylic acids is 1. The SMILES string of the molecule is C[C@H](N)C(=O)N[C@H](Cc1cccc(F)c1)C(=O)O. The van der Waals surface area contributed by atoms with E-state index in [2.05, 4.69) is 5.32 Å². The van der Waals surface area contributed by atoms with Crippen molar-refractivity contribution >= 4 is 11.9 Å². The van der Waals surface area contributed by atoms with Crippen molar-refractivity contribution in [1.82, 2.24) is 5.32 Å². The summed E-state index contributed by atoms with van der Waals surface area (Å²) in [4.78, 5) is 22.3. The fraction of sp³-hybridized carbons (Fsp3) is 0.333. The Bertz CT molecular complexity index is 449. The smallest absolute Gasteiger partial charge is 0.326 e. The summed E-state index contributed by atoms with van der Waals surface area (Å²) in [6.45, 7) is 1.45. The molecule has 5 nitrogen and oxygen atoms in total. The molecule has 0 aromatic heterocycles. The van der Waals surface area contributed by atoms with Crippen LogP contribution in [0.25, 0.3) is 0 Å². The van der Waals surface area contributed by atoms with Crippen LogP contribution in [-0.4, -0.2) is 29.1 Å². The van der Waals surface area contributed by atoms with Gasteiger partial charge < -0.3 is 16.2 Å². The number of amides is 1. The molecule has 98 valence electrons. The maximum atomic E-state index is 13.0. The number of carboxylic acids is 1. The highest BCUT2D eigenvalue weighted by atomic mass is 19.1. The number of carboxylic acid groups (broad SMARTS) is 1. The van der Waals surface area contributed by atoms with Crippen LogP contribution in [0.2, 0.25) is 0 Å². The Hall–Kier alpha value is -1.95. The molecule has 2 atom stereocenters. The molecule has 18 heavy (non-hydrogen) atoms. The first-order valence-electron chi connectivity index (χ1n) is 5.43. The fourth-order valence-corrected chi connectivity index (χ4v) is 1.40. The molecule has 4 N–H and O–H groups in total. The Morgan fingerprint density at radius 2 is 2.17 bits per heavy atom. The van der Waals surface area contributed by atoms with E-state index in [1.807, 2.05) is 0 Å². The molecule has 1 aromatic rings. The van der Waals surface area contributed by atoms with Crippen LogP contribution in [0, 0.1) is 5.82 Å². The summed E-state index contributed by atoms with van der Waals surface area (Å²) in [5.74, 6) is -2.19. The van der Waals surface area contributed by atoms with Crippen LogP contribution in [-0.2, 0) is 16.0 Å². The van der Waals surface area contributed by atoms with Crippen molar-refractivity contribution in [3.63, 3.8) is 0 Å². The molecule has 0 saturated heterocycles. The highest BCUT2D eigenvalue weighted by Gasteiger charge is 2.21. The second kappa shape index (κ2) is 6.11. The van der Waals surface area contributed by atoms with E-state index in [4.69, 9.17) is 10.8 Å². The second-order valence-corrected chi connectivity index (χ2v) is 4.02. The third-order valence-electron chi connectivity index (χ3n) is 2.36. The van der Waals surface area contributed by atoms with Crippen molar-refractivity contribution in [3.8, 4) is 0 Å². The zero-order chi connectivity index (χ0) is 13.7. The first-order chi connectivity index (χ1) is 8.40. The van der Waals surface area contributed by atoms with E-state index in [0.717, 1.165) is 0 Å². The van der Waals surface area contributed by atoms with Gasteiger partial charge in [-0.05, 0) is 24.6 Å². The monoisotopic (exact) mass is 254 g/mol. The van der Waals surface area contributed by atoms with Gasteiger partial charge in [-0.25, -0.2) is 9.18 Å². The number of halogens is 1. The van der Waals surface area contributed by atoms with Crippen LogP contribution in [0.15, 0.2) is 24.3 Å². The van der Waals surface area contributed by atoms with Crippen molar-refractivity contribution in [1.29, 1.82) is 0 Å². The standard InChI is InChI=1S/C12H15FN2O3/c1-7(14)11(16)15-10(12(17)18)6-8-3-2-4-9(13)5-8/h2-5,7,10H,6,14H2,1H3,(H,15,16)(H,17,18)/t7-,10+/m0/s1. The lowest BCUT2D eigenvalue weighted by Crippen LogP contribution is -2.48. The first kappa shape index (κ1) is 14.1. The predicted octanol–water partition coefficient (Wildman–Crippen LogP) is 0.285. The minimum Gasteiger partial charge on any atom is -0.480 e. The van der Waals surface area contributed by atoms with Gasteiger partial charge in [0.1, 0.15) is 11.9 Å². The number of hydrogen-bond acceptors (Lipinski definition) is 3. The number of hydrogen-bond donors (Lipinski definition) is 3. The lowest BCUT2D eigenvalue weighted by Gasteiger charge is -2.16. The van der Waals surface area contributed by atoms with E-state index >= 15 is 0 Å². The highest BCUT2D eigenvalue weighted by Crippen LogP contribution is 2.07. The van der Waals surface area contributed by atoms with E-state index in [-0.39, 0.29) is 6.42 Å². The van der Waals surface area contributed by atoms with Gasteiger partial charge >= 0.3 is 5.97 Å². The lowest BCUT2D eigenvalue weighted by atomic mass is 10.1. The van der Waals surface area contributed by atoms with E-state index in [1.165, 1.54) is 25.1 Å². The molecule has 1 aromatic carbocycles. The minimum absolute atomic E-state index is 0.00551. The zero-order valence-electron chi connectivity index (χ0n) is 9.89. The van der Waals surface area contributed by atoms with Crippen LogP contribution in [0.4, 0.5) is 4.39 Å². The van der Waals surface area contributed by atoms with Crippen molar-refractivity contribution in [2.45, 2.75) is 25.4 Å². The van der Waals surface area contributed by atoms with E-state index in [9.17, 15) is 14.0 Å². The molecule has 0 aliphatic rings. The van der Waals surface area contributed by atoms with Crippen LogP contribution in [0.5, 0.6) is 0 Å². The molecule has 0 heterocycles. The average molecular weight is 254 g/mol. The van der Waals surface area contributed by atoms with Gasteiger partial charge in [0.15, 0.2) is 0 Å². The number of rotatable bonds is 5. The number of nitrogens with two attached hydrogens (primary N) is 1. The van der Waals surface area contributed by atoms with Gasteiger partial charge in [0.2, 0.25) is 5.91 Å². The Balaban J connectivity index is 2.75. The average Bonchev–Trinajstić information content (AvgIpc) is 2.27. The molecular formula is C12H15FN2O3. The maximum absolute atomic E-state index is 13.0. The summed E-state index contributed by atoms with van der Waals surface area (Å²) in [7, 11) is 0. The number of nitrogens with one attached hydrogen (secondary N) is 1. The zero-order valence-corrected chi connectivity index (χ0v) is 9.89. The van der Waals surface area contributed by atoms with E-state index in [0.29, 0.717) is 5.56 Å². The van der Waals surface area contributed by atoms with Gasteiger partial charge in [0.05, 0.1) is 6.04 Å². The van der Waals surface area contributed by atoms with E-state index < -0.39 is 29.8 Å². The Kier molecular flexibility index (Phi) is 4.79. The van der Waals surface area contributed by atoms with Crippen LogP contribution < -0.4 is 11.1 Å². The largest absolute Gasteiger partial charge is 0.480 e. The predicted molar refractivity (Wildman–Crippen MR) is 63.3 cm³/mol. The Morgan fingerprint density at radius 1 is 1.50 bits per heavy atom. The molecule has 0 saturated carbocycles. The molecule has 6 heteroatoms. The third kappa shape index (κ3) is 4.14. The Labute approximate surface area is 104 Å². The van der Waals surface area contributed by atoms with Crippen LogP contribution in [0.1, 0.15) is 12.5 Å². The van der Waals surface area contributed by atoms with Gasteiger partial charge in [-0.3, -0.25) is 4.79 Å². The summed E-state index contributed by atoms with van der Waals surface area (Å²) in [5, 5.41) is 11.3. The van der Waals surface area contributed by atoms with Gasteiger partial charge in [0.25, 0.3) is 0 Å². The third-order valence-corrected chi connectivity index (χ3v) is 2.36. The molecule has 0 spiro atoms. The van der Waals surface area contributed by atoms with Gasteiger partial charge in [-0.1, -0.05) is 12.1 Å². The molecule has 0 aliphatic carbocycles. The van der Waals surface area contributed by atoms with Crippen molar-refractivity contribution < 1.29 is 19.1 Å².